The van der Waals surface area contributed by atoms with Crippen LogP contribution in [0, 0.1) is 0 Å². The van der Waals surface area contributed by atoms with E-state index >= 15 is 0 Å². The number of ether oxygens (including phenoxy) is 2. The summed E-state index contributed by atoms with van der Waals surface area (Å²) < 4.78 is 10.6. The van der Waals surface area contributed by atoms with Gasteiger partial charge >= 0.3 is 0 Å². The second-order valence-electron chi connectivity index (χ2n) is 2.62. The highest BCUT2D eigenvalue weighted by Gasteiger charge is 2.05. The van der Waals surface area contributed by atoms with Crippen LogP contribution in [0.2, 0.25) is 0 Å². The zero-order valence-corrected chi connectivity index (χ0v) is 7.77. The zero-order chi connectivity index (χ0) is 9.52. The van der Waals surface area contributed by atoms with E-state index in [4.69, 9.17) is 9.47 Å². The van der Waals surface area contributed by atoms with E-state index in [1.807, 2.05) is 30.3 Å². The predicted octanol–water partition coefficient (Wildman–Crippen LogP) is 2.61. The first-order valence-corrected chi connectivity index (χ1v) is 4.22. The molecule has 0 N–H and O–H groups in total. The molecule has 0 bridgehead atoms. The average Bonchev–Trinajstić information content (AvgIpc) is 2.19. The fourth-order valence-corrected chi connectivity index (χ4v) is 0.979. The molecule has 0 amide bonds. The molecule has 1 aromatic rings. The maximum atomic E-state index is 5.51. The average molecular weight is 178 g/mol. The number of hydrogen-bond acceptors (Lipinski definition) is 2. The Morgan fingerprint density at radius 3 is 2.62 bits per heavy atom. The lowest BCUT2D eigenvalue weighted by Crippen LogP contribution is -2.17. The molecule has 0 fully saturated rings. The van der Waals surface area contributed by atoms with Gasteiger partial charge in [-0.15, -0.1) is 6.58 Å². The van der Waals surface area contributed by atoms with Crippen molar-refractivity contribution in [1.29, 1.82) is 0 Å². The third kappa shape index (κ3) is 3.30. The van der Waals surface area contributed by atoms with Crippen molar-refractivity contribution in [2.24, 2.45) is 0 Å². The Hall–Kier alpha value is -1.28. The van der Waals surface area contributed by atoms with Gasteiger partial charge in [-0.2, -0.15) is 0 Å². The first-order chi connectivity index (χ1) is 6.36. The number of hydrogen-bond donors (Lipinski definition) is 0. The summed E-state index contributed by atoms with van der Waals surface area (Å²) in [7, 11) is 1.62. The molecular weight excluding hydrogens is 164 g/mol. The molecule has 0 spiro atoms. The van der Waals surface area contributed by atoms with E-state index in [0.29, 0.717) is 6.42 Å². The lowest BCUT2D eigenvalue weighted by molar-refractivity contribution is -0.0500. The first kappa shape index (κ1) is 9.81. The molecule has 0 saturated carbocycles. The Bertz CT molecular complexity index is 244. The van der Waals surface area contributed by atoms with E-state index in [2.05, 4.69) is 6.58 Å². The van der Waals surface area contributed by atoms with Crippen molar-refractivity contribution in [3.63, 3.8) is 0 Å². The summed E-state index contributed by atoms with van der Waals surface area (Å²) in [5.74, 6) is 0.816. The van der Waals surface area contributed by atoms with Gasteiger partial charge in [0.2, 0.25) is 6.29 Å². The first-order valence-electron chi connectivity index (χ1n) is 4.22. The maximum Gasteiger partial charge on any atom is 0.203 e. The second kappa shape index (κ2) is 5.38. The highest BCUT2D eigenvalue weighted by Crippen LogP contribution is 2.12. The fraction of sp³-hybridized carbons (Fsp3) is 0.273. The molecule has 0 aliphatic carbocycles. The second-order valence-corrected chi connectivity index (χ2v) is 2.62. The van der Waals surface area contributed by atoms with Crippen molar-refractivity contribution in [2.75, 3.05) is 7.11 Å². The third-order valence-electron chi connectivity index (χ3n) is 1.63. The molecule has 2 heteroatoms. The van der Waals surface area contributed by atoms with Crippen LogP contribution in [0.1, 0.15) is 6.42 Å². The molecule has 0 saturated heterocycles. The van der Waals surface area contributed by atoms with Crippen molar-refractivity contribution >= 4 is 0 Å². The standard InChI is InChI=1S/C11H14O2/c1-3-7-11(12-2)13-10-8-5-4-6-9-10/h3-6,8-9,11H,1,7H2,2H3. The van der Waals surface area contributed by atoms with Gasteiger partial charge in [-0.1, -0.05) is 24.3 Å². The molecule has 2 nitrogen and oxygen atoms in total. The number of para-hydroxylation sites is 1. The van der Waals surface area contributed by atoms with Gasteiger partial charge in [0.15, 0.2) is 0 Å². The fourth-order valence-electron chi connectivity index (χ4n) is 0.979. The minimum Gasteiger partial charge on any atom is -0.465 e. The molecule has 13 heavy (non-hydrogen) atoms. The van der Waals surface area contributed by atoms with Crippen LogP contribution < -0.4 is 4.74 Å². The van der Waals surface area contributed by atoms with Crippen molar-refractivity contribution in [3.8, 4) is 5.75 Å². The molecule has 1 rings (SSSR count). The lowest BCUT2D eigenvalue weighted by atomic mass is 10.3. The Labute approximate surface area is 78.8 Å². The highest BCUT2D eigenvalue weighted by molar-refractivity contribution is 5.21. The minimum absolute atomic E-state index is 0.236. The van der Waals surface area contributed by atoms with Gasteiger partial charge in [0.25, 0.3) is 0 Å². The van der Waals surface area contributed by atoms with Crippen molar-refractivity contribution < 1.29 is 9.47 Å². The number of rotatable bonds is 5. The van der Waals surface area contributed by atoms with Gasteiger partial charge < -0.3 is 9.47 Å². The van der Waals surface area contributed by atoms with Crippen LogP contribution in [0.25, 0.3) is 0 Å². The van der Waals surface area contributed by atoms with E-state index in [1.54, 1.807) is 13.2 Å². The molecule has 0 aliphatic heterocycles. The van der Waals surface area contributed by atoms with Crippen LogP contribution in [0.4, 0.5) is 0 Å². The molecule has 1 unspecified atom stereocenters. The quantitative estimate of drug-likeness (QED) is 0.509. The Balaban J connectivity index is 2.51. The largest absolute Gasteiger partial charge is 0.465 e. The van der Waals surface area contributed by atoms with Crippen LogP contribution in [-0.4, -0.2) is 13.4 Å². The highest BCUT2D eigenvalue weighted by atomic mass is 16.7. The monoisotopic (exact) mass is 178 g/mol. The molecule has 1 aromatic carbocycles. The molecule has 1 atom stereocenters. The van der Waals surface area contributed by atoms with Crippen LogP contribution in [0.5, 0.6) is 5.75 Å². The Morgan fingerprint density at radius 1 is 1.38 bits per heavy atom. The molecule has 0 heterocycles. The van der Waals surface area contributed by atoms with Gasteiger partial charge in [-0.25, -0.2) is 0 Å². The van der Waals surface area contributed by atoms with E-state index in [9.17, 15) is 0 Å². The summed E-state index contributed by atoms with van der Waals surface area (Å²) in [6, 6.07) is 9.60. The Morgan fingerprint density at radius 2 is 2.08 bits per heavy atom. The van der Waals surface area contributed by atoms with Gasteiger partial charge in [0, 0.05) is 13.5 Å². The van der Waals surface area contributed by atoms with Gasteiger partial charge in [-0.05, 0) is 12.1 Å². The van der Waals surface area contributed by atoms with Crippen LogP contribution >= 0.6 is 0 Å². The SMILES string of the molecule is C=CCC(OC)Oc1ccccc1. The summed E-state index contributed by atoms with van der Waals surface area (Å²) in [5.41, 5.74) is 0. The topological polar surface area (TPSA) is 18.5 Å². The summed E-state index contributed by atoms with van der Waals surface area (Å²) in [5, 5.41) is 0. The van der Waals surface area contributed by atoms with Gasteiger partial charge in [0.1, 0.15) is 5.75 Å². The zero-order valence-electron chi connectivity index (χ0n) is 7.77. The van der Waals surface area contributed by atoms with Gasteiger partial charge in [-0.3, -0.25) is 0 Å². The van der Waals surface area contributed by atoms with E-state index in [1.165, 1.54) is 0 Å². The minimum atomic E-state index is -0.236. The third-order valence-corrected chi connectivity index (χ3v) is 1.63. The number of methoxy groups -OCH3 is 1. The summed E-state index contributed by atoms with van der Waals surface area (Å²) in [4.78, 5) is 0. The van der Waals surface area contributed by atoms with Crippen molar-refractivity contribution in [1.82, 2.24) is 0 Å². The summed E-state index contributed by atoms with van der Waals surface area (Å²) in [6.45, 7) is 3.63. The van der Waals surface area contributed by atoms with Crippen LogP contribution in [-0.2, 0) is 4.74 Å². The molecule has 0 radical (unpaired) electrons. The number of benzene rings is 1. The van der Waals surface area contributed by atoms with E-state index in [-0.39, 0.29) is 6.29 Å². The summed E-state index contributed by atoms with van der Waals surface area (Å²) >= 11 is 0. The van der Waals surface area contributed by atoms with Crippen molar-refractivity contribution in [2.45, 2.75) is 12.7 Å². The predicted molar refractivity (Wildman–Crippen MR) is 52.7 cm³/mol. The maximum absolute atomic E-state index is 5.51. The Kier molecular flexibility index (Phi) is 4.06. The summed E-state index contributed by atoms with van der Waals surface area (Å²) in [6.07, 6.45) is 2.22. The molecular formula is C11H14O2. The lowest BCUT2D eigenvalue weighted by Gasteiger charge is -2.15. The van der Waals surface area contributed by atoms with Gasteiger partial charge in [0.05, 0.1) is 0 Å². The molecule has 70 valence electrons. The smallest absolute Gasteiger partial charge is 0.203 e. The van der Waals surface area contributed by atoms with Crippen LogP contribution in [0.3, 0.4) is 0 Å². The van der Waals surface area contributed by atoms with E-state index in [0.717, 1.165) is 5.75 Å². The van der Waals surface area contributed by atoms with E-state index < -0.39 is 0 Å². The molecule has 0 aliphatic rings. The molecule has 0 aromatic heterocycles. The van der Waals surface area contributed by atoms with Crippen molar-refractivity contribution in [3.05, 3.63) is 43.0 Å². The van der Waals surface area contributed by atoms with Crippen LogP contribution in [0.15, 0.2) is 43.0 Å². The normalized spacial score (nSPS) is 12.1.